The van der Waals surface area contributed by atoms with Crippen LogP contribution in [0.1, 0.15) is 5.56 Å². The molecule has 0 bridgehead atoms. The maximum atomic E-state index is 14.5. The van der Waals surface area contributed by atoms with E-state index in [0.717, 1.165) is 12.0 Å². The number of rotatable bonds is 3. The first-order valence-electron chi connectivity index (χ1n) is 7.08. The topological polar surface area (TPSA) is 76.1 Å². The molecule has 2 heterocycles. The van der Waals surface area contributed by atoms with Crippen molar-refractivity contribution in [3.63, 3.8) is 0 Å². The van der Waals surface area contributed by atoms with Crippen molar-refractivity contribution in [1.29, 1.82) is 0 Å². The molecule has 0 fully saturated rings. The number of ether oxygens (including phenoxy) is 2. The number of alkyl halides is 2. The summed E-state index contributed by atoms with van der Waals surface area (Å²) in [5, 5.41) is 5.88. The second-order valence-electron chi connectivity index (χ2n) is 5.24. The van der Waals surface area contributed by atoms with Crippen molar-refractivity contribution in [3.05, 3.63) is 40.4 Å². The molecule has 0 aliphatic carbocycles. The molecule has 0 radical (unpaired) electrons. The fourth-order valence-corrected chi connectivity index (χ4v) is 3.69. The number of nitrogens with zero attached hydrogens (tertiary/aromatic N) is 1. The lowest BCUT2D eigenvalue weighted by atomic mass is 10.0. The van der Waals surface area contributed by atoms with Crippen LogP contribution in [0, 0.1) is 0 Å². The Kier molecular flexibility index (Phi) is 4.19. The standard InChI is InChI=1S/C16H13F2NO5S/c1-23-9-4-5-10-8(7-9)3-6-11-16(17,18)25-13(14(20)21)12(19(10)11)15(22)24-2/h3-7,11H,1-2H3,(H,20,21). The fourth-order valence-electron chi connectivity index (χ4n) is 2.75. The van der Waals surface area contributed by atoms with Gasteiger partial charge in [0, 0.05) is 11.3 Å². The molecular weight excluding hydrogens is 356 g/mol. The van der Waals surface area contributed by atoms with Crippen LogP contribution in [0.5, 0.6) is 5.75 Å². The van der Waals surface area contributed by atoms with Crippen LogP contribution >= 0.6 is 11.8 Å². The lowest BCUT2D eigenvalue weighted by molar-refractivity contribution is -0.138. The average Bonchev–Trinajstić information content (AvgIpc) is 2.59. The molecule has 0 saturated heterocycles. The zero-order valence-electron chi connectivity index (χ0n) is 13.2. The second-order valence-corrected chi connectivity index (χ2v) is 6.39. The number of fused-ring (bicyclic) bond motifs is 3. The van der Waals surface area contributed by atoms with Crippen LogP contribution in [0.2, 0.25) is 0 Å². The van der Waals surface area contributed by atoms with Gasteiger partial charge in [-0.05, 0) is 30.0 Å². The summed E-state index contributed by atoms with van der Waals surface area (Å²) in [5.74, 6) is -2.11. The molecule has 1 unspecified atom stereocenters. The van der Waals surface area contributed by atoms with E-state index in [4.69, 9.17) is 4.74 Å². The molecule has 25 heavy (non-hydrogen) atoms. The molecule has 1 aromatic rings. The third kappa shape index (κ3) is 2.74. The van der Waals surface area contributed by atoms with E-state index in [2.05, 4.69) is 4.74 Å². The molecule has 2 aliphatic rings. The molecule has 1 atom stereocenters. The molecule has 0 aromatic heterocycles. The van der Waals surface area contributed by atoms with Crippen LogP contribution in [0.4, 0.5) is 14.5 Å². The number of carboxylic acids is 1. The van der Waals surface area contributed by atoms with Crippen molar-refractivity contribution in [3.8, 4) is 5.75 Å². The summed E-state index contributed by atoms with van der Waals surface area (Å²) < 4.78 is 38.8. The monoisotopic (exact) mass is 369 g/mol. The number of halogens is 2. The predicted molar refractivity (Wildman–Crippen MR) is 87.5 cm³/mol. The van der Waals surface area contributed by atoms with Gasteiger partial charge in [-0.2, -0.15) is 8.78 Å². The van der Waals surface area contributed by atoms with Gasteiger partial charge >= 0.3 is 17.2 Å². The highest BCUT2D eigenvalue weighted by atomic mass is 32.2. The smallest absolute Gasteiger partial charge is 0.356 e. The number of carbonyl (C=O) groups excluding carboxylic acids is 1. The molecule has 1 aromatic carbocycles. The van der Waals surface area contributed by atoms with E-state index in [-0.39, 0.29) is 17.4 Å². The Balaban J connectivity index is 2.27. The van der Waals surface area contributed by atoms with E-state index in [1.807, 2.05) is 0 Å². The van der Waals surface area contributed by atoms with Crippen molar-refractivity contribution < 1.29 is 33.0 Å². The minimum absolute atomic E-state index is 0.155. The molecule has 3 rings (SSSR count). The normalized spacial score (nSPS) is 20.6. The van der Waals surface area contributed by atoms with Gasteiger partial charge in [-0.15, -0.1) is 0 Å². The Morgan fingerprint density at radius 3 is 2.64 bits per heavy atom. The summed E-state index contributed by atoms with van der Waals surface area (Å²) in [7, 11) is 2.53. The molecule has 0 spiro atoms. The highest BCUT2D eigenvalue weighted by molar-refractivity contribution is 8.05. The molecule has 9 heteroatoms. The Bertz CT molecular complexity index is 821. The van der Waals surface area contributed by atoms with Gasteiger partial charge in [0.25, 0.3) is 0 Å². The number of aliphatic carboxylic acids is 1. The molecular formula is C16H13F2NO5S. The van der Waals surface area contributed by atoms with Crippen LogP contribution in [0.3, 0.4) is 0 Å². The first kappa shape index (κ1) is 17.3. The number of thioether (sulfide) groups is 1. The Morgan fingerprint density at radius 2 is 2.04 bits per heavy atom. The van der Waals surface area contributed by atoms with Crippen LogP contribution in [0.25, 0.3) is 6.08 Å². The highest BCUT2D eigenvalue weighted by Gasteiger charge is 2.53. The van der Waals surface area contributed by atoms with Crippen molar-refractivity contribution in [1.82, 2.24) is 0 Å². The maximum absolute atomic E-state index is 14.5. The summed E-state index contributed by atoms with van der Waals surface area (Å²) in [4.78, 5) is 23.9. The molecule has 132 valence electrons. The fraction of sp³-hybridized carbons (Fsp3) is 0.250. The summed E-state index contributed by atoms with van der Waals surface area (Å²) in [6, 6.07) is 3.14. The van der Waals surface area contributed by atoms with Gasteiger partial charge in [0.05, 0.1) is 14.2 Å². The first-order valence-corrected chi connectivity index (χ1v) is 7.90. The molecule has 0 amide bonds. The van der Waals surface area contributed by atoms with Crippen LogP contribution < -0.4 is 9.64 Å². The van der Waals surface area contributed by atoms with Gasteiger partial charge in [-0.25, -0.2) is 9.59 Å². The highest BCUT2D eigenvalue weighted by Crippen LogP contribution is 2.51. The summed E-state index contributed by atoms with van der Waals surface area (Å²) in [5.41, 5.74) is 0.364. The van der Waals surface area contributed by atoms with Crippen LogP contribution in [-0.4, -0.2) is 42.6 Å². The van der Waals surface area contributed by atoms with E-state index in [1.54, 1.807) is 12.1 Å². The predicted octanol–water partition coefficient (Wildman–Crippen LogP) is 2.71. The van der Waals surface area contributed by atoms with Crippen molar-refractivity contribution in [2.75, 3.05) is 19.1 Å². The lowest BCUT2D eigenvalue weighted by Crippen LogP contribution is -2.51. The number of carbonyl (C=O) groups is 2. The summed E-state index contributed by atoms with van der Waals surface area (Å²) in [6.45, 7) is 0. The number of esters is 1. The van der Waals surface area contributed by atoms with Gasteiger partial charge in [-0.1, -0.05) is 12.2 Å². The van der Waals surface area contributed by atoms with Crippen molar-refractivity contribution >= 4 is 35.5 Å². The minimum atomic E-state index is -3.45. The average molecular weight is 369 g/mol. The van der Waals surface area contributed by atoms with Gasteiger partial charge in [0.1, 0.15) is 22.4 Å². The number of methoxy groups -OCH3 is 2. The zero-order valence-corrected chi connectivity index (χ0v) is 14.0. The Morgan fingerprint density at radius 1 is 1.32 bits per heavy atom. The van der Waals surface area contributed by atoms with Gasteiger partial charge < -0.3 is 19.5 Å². The molecule has 6 nitrogen and oxygen atoms in total. The molecule has 1 N–H and O–H groups in total. The quantitative estimate of drug-likeness (QED) is 0.821. The largest absolute Gasteiger partial charge is 0.497 e. The van der Waals surface area contributed by atoms with Crippen LogP contribution in [-0.2, 0) is 14.3 Å². The third-order valence-corrected chi connectivity index (χ3v) is 4.93. The van der Waals surface area contributed by atoms with Crippen molar-refractivity contribution in [2.45, 2.75) is 11.3 Å². The van der Waals surface area contributed by atoms with Crippen LogP contribution in [0.15, 0.2) is 34.9 Å². The number of hydrogen-bond acceptors (Lipinski definition) is 6. The number of carboxylic acid groups (broad SMARTS) is 1. The second kappa shape index (κ2) is 6.07. The SMILES string of the molecule is COC(=O)C1=C(C(=O)O)SC(F)(F)C2C=Cc3cc(OC)ccc3N12. The van der Waals surface area contributed by atoms with E-state index < -0.39 is 33.8 Å². The Labute approximate surface area is 145 Å². The summed E-state index contributed by atoms with van der Waals surface area (Å²) >= 11 is -0.155. The van der Waals surface area contributed by atoms with E-state index in [9.17, 15) is 23.5 Å². The van der Waals surface area contributed by atoms with Crippen molar-refractivity contribution in [2.24, 2.45) is 0 Å². The van der Waals surface area contributed by atoms with Gasteiger partial charge in [0.2, 0.25) is 0 Å². The van der Waals surface area contributed by atoms with Gasteiger partial charge in [-0.3, -0.25) is 0 Å². The van der Waals surface area contributed by atoms with E-state index in [0.29, 0.717) is 11.3 Å². The lowest BCUT2D eigenvalue weighted by Gasteiger charge is -2.43. The maximum Gasteiger partial charge on any atom is 0.356 e. The number of benzene rings is 1. The zero-order chi connectivity index (χ0) is 18.4. The third-order valence-electron chi connectivity index (χ3n) is 3.84. The molecule has 0 saturated carbocycles. The van der Waals surface area contributed by atoms with E-state index in [1.165, 1.54) is 25.3 Å². The summed E-state index contributed by atoms with van der Waals surface area (Å²) in [6.07, 6.45) is 2.73. The van der Waals surface area contributed by atoms with E-state index >= 15 is 0 Å². The van der Waals surface area contributed by atoms with Gasteiger partial charge in [0.15, 0.2) is 0 Å². The molecule has 2 aliphatic heterocycles. The first-order chi connectivity index (χ1) is 11.8. The number of anilines is 1. The minimum Gasteiger partial charge on any atom is -0.497 e. The Hall–Kier alpha value is -2.55. The number of hydrogen-bond donors (Lipinski definition) is 1.